The number of aliphatic hydroxyl groups is 2. The van der Waals surface area contributed by atoms with Crippen molar-refractivity contribution in [2.45, 2.75) is 38.6 Å². The van der Waals surface area contributed by atoms with E-state index in [4.69, 9.17) is 27.9 Å². The maximum atomic E-state index is 13.3. The summed E-state index contributed by atoms with van der Waals surface area (Å²) in [7, 11) is 0. The molecule has 2 unspecified atom stereocenters. The summed E-state index contributed by atoms with van der Waals surface area (Å²) >= 11 is 11.3. The van der Waals surface area contributed by atoms with E-state index in [1.54, 1.807) is 20.8 Å². The van der Waals surface area contributed by atoms with Crippen LogP contribution in [0.1, 0.15) is 32.4 Å². The van der Waals surface area contributed by atoms with Crippen molar-refractivity contribution in [2.24, 2.45) is 0 Å². The summed E-state index contributed by atoms with van der Waals surface area (Å²) in [6, 6.07) is 2.31. The van der Waals surface area contributed by atoms with Gasteiger partial charge < -0.3 is 20.3 Å². The zero-order chi connectivity index (χ0) is 17.1. The van der Waals surface area contributed by atoms with Crippen molar-refractivity contribution in [3.63, 3.8) is 0 Å². The Morgan fingerprint density at radius 1 is 1.32 bits per heavy atom. The Hall–Kier alpha value is -1.08. The van der Waals surface area contributed by atoms with Crippen molar-refractivity contribution in [1.29, 1.82) is 0 Å². The van der Waals surface area contributed by atoms with Crippen LogP contribution in [0.5, 0.6) is 0 Å². The summed E-state index contributed by atoms with van der Waals surface area (Å²) in [5, 5.41) is 21.6. The third kappa shape index (κ3) is 5.61. The molecule has 0 aliphatic carbocycles. The Labute approximate surface area is 138 Å². The first-order chi connectivity index (χ1) is 10.0. The van der Waals surface area contributed by atoms with Crippen LogP contribution in [0.4, 0.5) is 9.18 Å². The van der Waals surface area contributed by atoms with Gasteiger partial charge in [0, 0.05) is 6.54 Å². The lowest BCUT2D eigenvalue weighted by atomic mass is 10.0. The van der Waals surface area contributed by atoms with Crippen LogP contribution in [0.3, 0.4) is 0 Å². The van der Waals surface area contributed by atoms with Crippen LogP contribution >= 0.6 is 23.2 Å². The second kappa shape index (κ2) is 7.46. The van der Waals surface area contributed by atoms with Crippen molar-refractivity contribution in [1.82, 2.24) is 5.32 Å². The topological polar surface area (TPSA) is 78.8 Å². The first-order valence-corrected chi connectivity index (χ1v) is 7.24. The number of nitrogens with one attached hydrogen (secondary N) is 1. The maximum Gasteiger partial charge on any atom is 0.407 e. The highest BCUT2D eigenvalue weighted by atomic mass is 35.5. The molecule has 8 heteroatoms. The summed E-state index contributed by atoms with van der Waals surface area (Å²) in [5.74, 6) is -0.805. The van der Waals surface area contributed by atoms with Crippen LogP contribution in [0.25, 0.3) is 0 Å². The van der Waals surface area contributed by atoms with Crippen molar-refractivity contribution < 1.29 is 24.1 Å². The van der Waals surface area contributed by atoms with E-state index in [-0.39, 0.29) is 22.2 Å². The van der Waals surface area contributed by atoms with Gasteiger partial charge in [-0.1, -0.05) is 23.2 Å². The van der Waals surface area contributed by atoms with Gasteiger partial charge in [0.2, 0.25) is 0 Å². The quantitative estimate of drug-likeness (QED) is 0.727. The predicted molar refractivity (Wildman–Crippen MR) is 81.6 cm³/mol. The van der Waals surface area contributed by atoms with Gasteiger partial charge in [0.05, 0.1) is 10.0 Å². The number of carbonyl (C=O) groups excluding carboxylic acids is 1. The number of benzene rings is 1. The summed E-state index contributed by atoms with van der Waals surface area (Å²) in [5.41, 5.74) is -0.541. The molecule has 1 amide bonds. The molecule has 124 valence electrons. The minimum atomic E-state index is -1.40. The van der Waals surface area contributed by atoms with Gasteiger partial charge in [0.1, 0.15) is 17.8 Å². The van der Waals surface area contributed by atoms with Crippen molar-refractivity contribution in [2.75, 3.05) is 6.54 Å². The van der Waals surface area contributed by atoms with Gasteiger partial charge in [-0.05, 0) is 38.5 Å². The van der Waals surface area contributed by atoms with E-state index < -0.39 is 29.7 Å². The predicted octanol–water partition coefficient (Wildman–Crippen LogP) is 3.05. The number of alkyl carbamates (subject to hydrolysis) is 1. The molecule has 0 radical (unpaired) electrons. The Morgan fingerprint density at radius 3 is 2.27 bits per heavy atom. The number of amides is 1. The summed E-state index contributed by atoms with van der Waals surface area (Å²) in [6.07, 6.45) is -3.47. The molecule has 0 saturated carbocycles. The zero-order valence-corrected chi connectivity index (χ0v) is 13.9. The molecule has 0 saturated heterocycles. The first-order valence-electron chi connectivity index (χ1n) is 6.48. The number of hydrogen-bond donors (Lipinski definition) is 3. The molecule has 0 aromatic heterocycles. The van der Waals surface area contributed by atoms with Gasteiger partial charge in [-0.3, -0.25) is 0 Å². The van der Waals surface area contributed by atoms with E-state index in [0.717, 1.165) is 12.1 Å². The van der Waals surface area contributed by atoms with Crippen molar-refractivity contribution >= 4 is 29.3 Å². The number of hydrogen-bond acceptors (Lipinski definition) is 4. The molecular formula is C14H18Cl2FNO4. The number of ether oxygens (including phenoxy) is 1. The van der Waals surface area contributed by atoms with E-state index in [2.05, 4.69) is 5.32 Å². The fourth-order valence-electron chi connectivity index (χ4n) is 1.58. The van der Waals surface area contributed by atoms with E-state index >= 15 is 0 Å². The lowest BCUT2D eigenvalue weighted by molar-refractivity contribution is 0.0129. The third-order valence-electron chi connectivity index (χ3n) is 2.57. The normalized spacial score (nSPS) is 14.4. The molecular weight excluding hydrogens is 336 g/mol. The molecule has 1 aromatic rings. The Bertz CT molecular complexity index is 525. The van der Waals surface area contributed by atoms with Crippen molar-refractivity contribution in [3.8, 4) is 0 Å². The molecule has 0 heterocycles. The average Bonchev–Trinajstić information content (AvgIpc) is 2.38. The molecule has 2 atom stereocenters. The second-order valence-electron chi connectivity index (χ2n) is 5.69. The Balaban J connectivity index is 2.66. The molecule has 1 aromatic carbocycles. The van der Waals surface area contributed by atoms with Gasteiger partial charge >= 0.3 is 6.09 Å². The van der Waals surface area contributed by atoms with E-state index in [1.165, 1.54) is 0 Å². The molecule has 0 aliphatic heterocycles. The highest BCUT2D eigenvalue weighted by molar-refractivity contribution is 6.35. The largest absolute Gasteiger partial charge is 0.444 e. The smallest absolute Gasteiger partial charge is 0.407 e. The van der Waals surface area contributed by atoms with E-state index in [9.17, 15) is 19.4 Å². The van der Waals surface area contributed by atoms with Crippen LogP contribution in [0.15, 0.2) is 12.1 Å². The zero-order valence-electron chi connectivity index (χ0n) is 12.4. The van der Waals surface area contributed by atoms with Crippen LogP contribution in [-0.2, 0) is 4.74 Å². The summed E-state index contributed by atoms with van der Waals surface area (Å²) < 4.78 is 18.3. The minimum Gasteiger partial charge on any atom is -0.444 e. The lowest BCUT2D eigenvalue weighted by Gasteiger charge is -2.22. The van der Waals surface area contributed by atoms with Crippen LogP contribution < -0.4 is 5.32 Å². The van der Waals surface area contributed by atoms with Crippen molar-refractivity contribution in [3.05, 3.63) is 33.6 Å². The molecule has 0 aliphatic rings. The number of halogens is 3. The monoisotopic (exact) mass is 353 g/mol. The fraction of sp³-hybridized carbons (Fsp3) is 0.500. The summed E-state index contributed by atoms with van der Waals surface area (Å²) in [6.45, 7) is 4.82. The standard InChI is InChI=1S/C14H18Cl2FNO4/c1-14(2,3)22-13(21)18-6-10(19)12(20)7-4-8(15)11(17)9(16)5-7/h4-5,10,12,19-20H,6H2,1-3H3,(H,18,21). The highest BCUT2D eigenvalue weighted by Gasteiger charge is 2.23. The van der Waals surface area contributed by atoms with Crippen LogP contribution in [0, 0.1) is 5.82 Å². The van der Waals surface area contributed by atoms with Gasteiger partial charge in [-0.2, -0.15) is 0 Å². The number of carbonyl (C=O) groups is 1. The molecule has 5 nitrogen and oxygen atoms in total. The molecule has 0 spiro atoms. The third-order valence-corrected chi connectivity index (χ3v) is 3.12. The molecule has 0 fully saturated rings. The van der Waals surface area contributed by atoms with Gasteiger partial charge in [-0.15, -0.1) is 0 Å². The SMILES string of the molecule is CC(C)(C)OC(=O)NCC(O)C(O)c1cc(Cl)c(F)c(Cl)c1. The Kier molecular flexibility index (Phi) is 6.43. The van der Waals surface area contributed by atoms with E-state index in [0.29, 0.717) is 0 Å². The molecule has 1 rings (SSSR count). The number of rotatable bonds is 4. The van der Waals surface area contributed by atoms with Crippen LogP contribution in [0.2, 0.25) is 10.0 Å². The van der Waals surface area contributed by atoms with Gasteiger partial charge in [-0.25, -0.2) is 9.18 Å². The van der Waals surface area contributed by atoms with Gasteiger partial charge in [0.25, 0.3) is 0 Å². The van der Waals surface area contributed by atoms with E-state index in [1.807, 2.05) is 0 Å². The second-order valence-corrected chi connectivity index (χ2v) is 6.51. The Morgan fingerprint density at radius 2 is 1.82 bits per heavy atom. The molecule has 0 bridgehead atoms. The fourth-order valence-corrected chi connectivity index (χ4v) is 2.09. The lowest BCUT2D eigenvalue weighted by Crippen LogP contribution is -2.38. The van der Waals surface area contributed by atoms with Gasteiger partial charge in [0.15, 0.2) is 5.82 Å². The summed E-state index contributed by atoms with van der Waals surface area (Å²) in [4.78, 5) is 11.5. The maximum absolute atomic E-state index is 13.3. The molecule has 22 heavy (non-hydrogen) atoms. The minimum absolute atomic E-state index is 0.134. The van der Waals surface area contributed by atoms with Crippen LogP contribution in [-0.4, -0.2) is 34.6 Å². The number of aliphatic hydroxyl groups excluding tert-OH is 2. The average molecular weight is 354 g/mol. The molecule has 3 N–H and O–H groups in total. The first kappa shape index (κ1) is 19.0. The highest BCUT2D eigenvalue weighted by Crippen LogP contribution is 2.28.